The summed E-state index contributed by atoms with van der Waals surface area (Å²) in [5.74, 6) is 0. The molecule has 4 aromatic rings. The Morgan fingerprint density at radius 2 is 1.84 bits per heavy atom. The predicted octanol–water partition coefficient (Wildman–Crippen LogP) is 4.70. The van der Waals surface area contributed by atoms with Crippen LogP contribution >= 0.6 is 0 Å². The number of carbonyl (C=O) groups is 1. The zero-order chi connectivity index (χ0) is 22.1. The van der Waals surface area contributed by atoms with Crippen LogP contribution in [0.3, 0.4) is 0 Å². The largest absolute Gasteiger partial charge is 0.373 e. The van der Waals surface area contributed by atoms with Gasteiger partial charge < -0.3 is 4.90 Å². The van der Waals surface area contributed by atoms with Crippen LogP contribution in [0.4, 0.5) is 17.1 Å². The van der Waals surface area contributed by atoms with E-state index in [1.54, 1.807) is 17.3 Å². The number of amides is 1. The first-order valence-electron chi connectivity index (χ1n) is 10.3. The van der Waals surface area contributed by atoms with Crippen molar-refractivity contribution in [2.24, 2.45) is 0 Å². The fraction of sp³-hybridized carbons (Fsp3) is 0.250. The number of carbonyl (C=O) groups excluding carboxylic acids is 1. The van der Waals surface area contributed by atoms with Crippen molar-refractivity contribution in [2.45, 2.75) is 27.7 Å². The van der Waals surface area contributed by atoms with E-state index in [1.165, 1.54) is 0 Å². The number of anilines is 3. The minimum absolute atomic E-state index is 0.753. The average molecular weight is 415 g/mol. The van der Waals surface area contributed by atoms with Gasteiger partial charge >= 0.3 is 0 Å². The molecule has 0 fully saturated rings. The molecule has 7 nitrogen and oxygen atoms in total. The Balaban J connectivity index is 1.83. The van der Waals surface area contributed by atoms with Crippen molar-refractivity contribution >= 4 is 34.4 Å². The van der Waals surface area contributed by atoms with Crippen molar-refractivity contribution in [3.8, 4) is 11.3 Å². The lowest BCUT2D eigenvalue weighted by Gasteiger charge is -2.28. The molecule has 0 bridgehead atoms. The van der Waals surface area contributed by atoms with Crippen LogP contribution in [0.25, 0.3) is 22.2 Å². The molecular weight excluding hydrogens is 388 g/mol. The number of para-hydroxylation sites is 1. The highest BCUT2D eigenvalue weighted by Crippen LogP contribution is 2.38. The van der Waals surface area contributed by atoms with Crippen molar-refractivity contribution in [1.82, 2.24) is 20.2 Å². The fourth-order valence-corrected chi connectivity index (χ4v) is 3.95. The standard InChI is InChI=1S/C24H26N6O/c1-6-29(5)22-9-7-8-15(2)24(22)30(14-31)21-11-10-19(26-16(21)3)18-12-25-13-20-23(18)17(4)27-28-20/h7-14H,6H2,1-5H3,(H,27,28). The van der Waals surface area contributed by atoms with Gasteiger partial charge in [-0.25, -0.2) is 0 Å². The van der Waals surface area contributed by atoms with E-state index < -0.39 is 0 Å². The van der Waals surface area contributed by atoms with Gasteiger partial charge in [-0.15, -0.1) is 0 Å². The summed E-state index contributed by atoms with van der Waals surface area (Å²) in [4.78, 5) is 25.2. The first kappa shape index (κ1) is 20.5. The number of benzene rings is 1. The van der Waals surface area contributed by atoms with Gasteiger partial charge in [0.05, 0.1) is 45.9 Å². The molecule has 3 aromatic heterocycles. The summed E-state index contributed by atoms with van der Waals surface area (Å²) in [5, 5.41) is 8.30. The molecule has 1 N–H and O–H groups in total. The van der Waals surface area contributed by atoms with Crippen LogP contribution in [0.2, 0.25) is 0 Å². The third-order valence-corrected chi connectivity index (χ3v) is 5.69. The molecule has 0 saturated heterocycles. The van der Waals surface area contributed by atoms with Crippen LogP contribution in [0.5, 0.6) is 0 Å². The van der Waals surface area contributed by atoms with E-state index >= 15 is 0 Å². The number of aryl methyl sites for hydroxylation is 3. The van der Waals surface area contributed by atoms with Gasteiger partial charge in [0.25, 0.3) is 0 Å². The van der Waals surface area contributed by atoms with Gasteiger partial charge in [0.15, 0.2) is 0 Å². The highest BCUT2D eigenvalue weighted by molar-refractivity contribution is 5.97. The van der Waals surface area contributed by atoms with E-state index in [2.05, 4.69) is 27.0 Å². The zero-order valence-corrected chi connectivity index (χ0v) is 18.5. The Hall–Kier alpha value is -3.74. The lowest BCUT2D eigenvalue weighted by atomic mass is 10.1. The monoisotopic (exact) mass is 414 g/mol. The molecule has 0 atom stereocenters. The van der Waals surface area contributed by atoms with E-state index in [0.717, 1.165) is 69.1 Å². The van der Waals surface area contributed by atoms with Gasteiger partial charge in [0.1, 0.15) is 0 Å². The summed E-state index contributed by atoms with van der Waals surface area (Å²) >= 11 is 0. The molecule has 0 saturated carbocycles. The topological polar surface area (TPSA) is 78.0 Å². The lowest BCUT2D eigenvalue weighted by molar-refractivity contribution is -0.106. The number of H-pyrrole nitrogens is 1. The summed E-state index contributed by atoms with van der Waals surface area (Å²) in [6.07, 6.45) is 4.43. The first-order chi connectivity index (χ1) is 15.0. The van der Waals surface area contributed by atoms with Gasteiger partial charge in [-0.3, -0.25) is 24.8 Å². The van der Waals surface area contributed by atoms with Gasteiger partial charge in [-0.2, -0.15) is 5.10 Å². The Bertz CT molecular complexity index is 1260. The van der Waals surface area contributed by atoms with Crippen molar-refractivity contribution in [1.29, 1.82) is 0 Å². The molecule has 1 aromatic carbocycles. The number of aromatic nitrogens is 4. The Labute approximate surface area is 181 Å². The van der Waals surface area contributed by atoms with Crippen LogP contribution < -0.4 is 9.80 Å². The molecule has 0 unspecified atom stereocenters. The maximum Gasteiger partial charge on any atom is 0.218 e. The second-order valence-electron chi connectivity index (χ2n) is 7.65. The molecule has 3 heterocycles. The smallest absolute Gasteiger partial charge is 0.218 e. The van der Waals surface area contributed by atoms with Gasteiger partial charge in [-0.05, 0) is 51.5 Å². The molecule has 31 heavy (non-hydrogen) atoms. The molecule has 7 heteroatoms. The third-order valence-electron chi connectivity index (χ3n) is 5.69. The molecule has 4 rings (SSSR count). The minimum Gasteiger partial charge on any atom is -0.373 e. The van der Waals surface area contributed by atoms with Crippen molar-refractivity contribution in [3.63, 3.8) is 0 Å². The van der Waals surface area contributed by atoms with Crippen LogP contribution in [0.15, 0.2) is 42.7 Å². The van der Waals surface area contributed by atoms with E-state index in [-0.39, 0.29) is 0 Å². The summed E-state index contributed by atoms with van der Waals surface area (Å²) in [6, 6.07) is 9.95. The molecule has 0 spiro atoms. The third kappa shape index (κ3) is 3.52. The lowest BCUT2D eigenvalue weighted by Crippen LogP contribution is -2.23. The minimum atomic E-state index is 0.753. The fourth-order valence-electron chi connectivity index (χ4n) is 3.95. The summed E-state index contributed by atoms with van der Waals surface area (Å²) in [6.45, 7) is 8.82. The second-order valence-corrected chi connectivity index (χ2v) is 7.65. The molecule has 158 valence electrons. The van der Waals surface area contributed by atoms with Crippen LogP contribution in [0, 0.1) is 20.8 Å². The molecule has 0 radical (unpaired) electrons. The molecule has 1 amide bonds. The number of hydrogen-bond acceptors (Lipinski definition) is 5. The van der Waals surface area contributed by atoms with Crippen LogP contribution in [0.1, 0.15) is 23.9 Å². The summed E-state index contributed by atoms with van der Waals surface area (Å²) < 4.78 is 0. The van der Waals surface area contributed by atoms with Crippen molar-refractivity contribution in [3.05, 3.63) is 59.7 Å². The molecule has 0 aliphatic rings. The summed E-state index contributed by atoms with van der Waals surface area (Å²) in [7, 11) is 2.02. The van der Waals surface area contributed by atoms with E-state index in [1.807, 2.05) is 58.2 Å². The number of fused-ring (bicyclic) bond motifs is 1. The quantitative estimate of drug-likeness (QED) is 0.463. The molecule has 0 aliphatic carbocycles. The molecular formula is C24H26N6O. The number of pyridine rings is 2. The van der Waals surface area contributed by atoms with Crippen LogP contribution in [-0.4, -0.2) is 40.2 Å². The Morgan fingerprint density at radius 3 is 2.55 bits per heavy atom. The van der Waals surface area contributed by atoms with Crippen LogP contribution in [-0.2, 0) is 4.79 Å². The first-order valence-corrected chi connectivity index (χ1v) is 10.3. The SMILES string of the molecule is CCN(C)c1cccc(C)c1N(C=O)c1ccc(-c2cncc3[nH]nc(C)c23)nc1C. The van der Waals surface area contributed by atoms with Gasteiger partial charge in [0, 0.05) is 30.7 Å². The normalized spacial score (nSPS) is 11.0. The summed E-state index contributed by atoms with van der Waals surface area (Å²) in [5.41, 5.74) is 7.90. The average Bonchev–Trinajstić information content (AvgIpc) is 3.16. The predicted molar refractivity (Wildman–Crippen MR) is 125 cm³/mol. The van der Waals surface area contributed by atoms with Crippen molar-refractivity contribution in [2.75, 3.05) is 23.4 Å². The number of nitrogens with zero attached hydrogens (tertiary/aromatic N) is 5. The maximum atomic E-state index is 12.3. The van der Waals surface area contributed by atoms with Gasteiger partial charge in [-0.1, -0.05) is 12.1 Å². The number of rotatable bonds is 6. The Morgan fingerprint density at radius 1 is 1.03 bits per heavy atom. The van der Waals surface area contributed by atoms with Crippen molar-refractivity contribution < 1.29 is 4.79 Å². The van der Waals surface area contributed by atoms with E-state index in [4.69, 9.17) is 4.98 Å². The number of hydrogen-bond donors (Lipinski definition) is 1. The maximum absolute atomic E-state index is 12.3. The highest BCUT2D eigenvalue weighted by atomic mass is 16.1. The number of nitrogens with one attached hydrogen (secondary N) is 1. The second kappa shape index (κ2) is 8.18. The van der Waals surface area contributed by atoms with Gasteiger partial charge in [0.2, 0.25) is 6.41 Å². The number of aromatic amines is 1. The van der Waals surface area contributed by atoms with E-state index in [9.17, 15) is 4.79 Å². The molecule has 0 aliphatic heterocycles. The Kier molecular flexibility index (Phi) is 5.42. The highest BCUT2D eigenvalue weighted by Gasteiger charge is 2.20. The zero-order valence-electron chi connectivity index (χ0n) is 18.5. The van der Waals surface area contributed by atoms with E-state index in [0.29, 0.717) is 0 Å².